The van der Waals surface area contributed by atoms with Gasteiger partial charge in [0.25, 0.3) is 0 Å². The van der Waals surface area contributed by atoms with Gasteiger partial charge in [0.05, 0.1) is 23.6 Å². The molecular formula is C42H43BN2O6. The van der Waals surface area contributed by atoms with Crippen molar-refractivity contribution < 1.29 is 29.1 Å². The monoisotopic (exact) mass is 682 g/mol. The molecule has 4 aromatic carbocycles. The zero-order valence-corrected chi connectivity index (χ0v) is 28.8. The fraction of sp³-hybridized carbons (Fsp3) is 0.286. The number of carbonyl (C=O) groups is 2. The number of imide groups is 1. The summed E-state index contributed by atoms with van der Waals surface area (Å²) in [4.78, 5) is 29.9. The van der Waals surface area contributed by atoms with Gasteiger partial charge in [-0.2, -0.15) is 0 Å². The van der Waals surface area contributed by atoms with E-state index in [1.807, 2.05) is 91.0 Å². The molecule has 4 atom stereocenters. The fourth-order valence-electron chi connectivity index (χ4n) is 7.96. The first kappa shape index (κ1) is 34.3. The van der Waals surface area contributed by atoms with Crippen molar-refractivity contribution in [3.63, 3.8) is 0 Å². The van der Waals surface area contributed by atoms with Crippen LogP contribution in [0.2, 0.25) is 6.32 Å². The molecule has 4 aromatic rings. The Balaban J connectivity index is 1.18. The van der Waals surface area contributed by atoms with E-state index in [0.29, 0.717) is 30.7 Å². The second kappa shape index (κ2) is 15.4. The number of ether oxygens (including phenoxy) is 1. The van der Waals surface area contributed by atoms with E-state index in [2.05, 4.69) is 12.2 Å². The Bertz CT molecular complexity index is 1910. The number of allylic oxidation sites excluding steroid dienone is 1. The van der Waals surface area contributed by atoms with Gasteiger partial charge in [-0.3, -0.25) is 14.5 Å². The van der Waals surface area contributed by atoms with E-state index in [9.17, 15) is 19.7 Å². The lowest BCUT2D eigenvalue weighted by molar-refractivity contribution is -0.122. The maximum absolute atomic E-state index is 14.3. The number of hydrogen-bond acceptors (Lipinski definition) is 7. The molecule has 2 saturated heterocycles. The quantitative estimate of drug-likeness (QED) is 0.0786. The van der Waals surface area contributed by atoms with Crippen LogP contribution in [0.15, 0.2) is 126 Å². The van der Waals surface area contributed by atoms with Gasteiger partial charge in [0.15, 0.2) is 0 Å². The van der Waals surface area contributed by atoms with E-state index in [0.717, 1.165) is 40.9 Å². The molecule has 1 aliphatic carbocycles. The van der Waals surface area contributed by atoms with Crippen molar-refractivity contribution in [3.8, 4) is 11.5 Å². The summed E-state index contributed by atoms with van der Waals surface area (Å²) >= 11 is 0. The van der Waals surface area contributed by atoms with E-state index in [1.165, 1.54) is 10.5 Å². The Morgan fingerprint density at radius 3 is 2.29 bits per heavy atom. The van der Waals surface area contributed by atoms with E-state index in [-0.39, 0.29) is 36.4 Å². The van der Waals surface area contributed by atoms with Gasteiger partial charge >= 0.3 is 7.12 Å². The number of anilines is 3. The van der Waals surface area contributed by atoms with Gasteiger partial charge in [0.1, 0.15) is 18.1 Å². The molecule has 9 heteroatoms. The number of amides is 2. The van der Waals surface area contributed by atoms with E-state index < -0.39 is 25.1 Å². The second-order valence-corrected chi connectivity index (χ2v) is 13.6. The standard InChI is InChI=1S/C42H43BN2O6/c1-2-11-28(24-29-12-9-10-17-37(29)46)18-23-38-39-30(27-50-34-15-7-4-8-16-34)25-35-40(36(39)26-43(49)51-38)42(48)45(41(35)47)33-21-19-32(20-22-33)44-31-13-5-3-6-14-31/h3-10,12-17,19-22,24,35-36,38,40,44,46,49H,2,11,18,23,25-27H2,1H3/b28-24+/t35-,36+,38-,40-/m1/s1. The summed E-state index contributed by atoms with van der Waals surface area (Å²) < 4.78 is 12.6. The third-order valence-electron chi connectivity index (χ3n) is 10.2. The average molecular weight is 683 g/mol. The number of benzene rings is 4. The van der Waals surface area contributed by atoms with Gasteiger partial charge in [0, 0.05) is 16.9 Å². The van der Waals surface area contributed by atoms with E-state index in [1.54, 1.807) is 24.3 Å². The Labute approximate surface area is 299 Å². The SMILES string of the molecule is CCC/C(=C\c1ccccc1O)CC[C@H]1OB(O)C[C@H]2C1=C(COc1ccccc1)C[C@H]1C(=O)N(c3ccc(Nc4ccccc4)cc3)C(=O)[C@H]12. The smallest absolute Gasteiger partial charge is 0.455 e. The van der Waals surface area contributed by atoms with Crippen molar-refractivity contribution in [3.05, 3.63) is 131 Å². The summed E-state index contributed by atoms with van der Waals surface area (Å²) in [7, 11) is -1.07. The summed E-state index contributed by atoms with van der Waals surface area (Å²) in [6.45, 7) is 2.38. The number of hydrogen-bond donors (Lipinski definition) is 3. The lowest BCUT2D eigenvalue weighted by Gasteiger charge is -2.43. The zero-order valence-electron chi connectivity index (χ0n) is 28.8. The number of para-hydroxylation sites is 3. The molecule has 0 spiro atoms. The molecule has 0 bridgehead atoms. The van der Waals surface area contributed by atoms with Gasteiger partial charge in [-0.1, -0.05) is 79.6 Å². The lowest BCUT2D eigenvalue weighted by Crippen LogP contribution is -2.46. The molecule has 7 rings (SSSR count). The highest BCUT2D eigenvalue weighted by molar-refractivity contribution is 6.43. The first-order valence-corrected chi connectivity index (χ1v) is 17.9. The summed E-state index contributed by atoms with van der Waals surface area (Å²) in [6, 6.07) is 34.0. The van der Waals surface area contributed by atoms with Crippen molar-refractivity contribution in [1.82, 2.24) is 0 Å². The van der Waals surface area contributed by atoms with Crippen molar-refractivity contribution in [2.75, 3.05) is 16.8 Å². The van der Waals surface area contributed by atoms with E-state index in [4.69, 9.17) is 9.39 Å². The average Bonchev–Trinajstić information content (AvgIpc) is 3.40. The summed E-state index contributed by atoms with van der Waals surface area (Å²) in [5.74, 6) is -1.06. The summed E-state index contributed by atoms with van der Waals surface area (Å²) in [6.07, 6.45) is 5.23. The molecule has 0 aromatic heterocycles. The largest absolute Gasteiger partial charge is 0.507 e. The molecule has 260 valence electrons. The topological polar surface area (TPSA) is 108 Å². The Hall–Kier alpha value is -5.12. The van der Waals surface area contributed by atoms with Crippen LogP contribution >= 0.6 is 0 Å². The fourth-order valence-corrected chi connectivity index (χ4v) is 7.96. The maximum Gasteiger partial charge on any atom is 0.455 e. The first-order chi connectivity index (χ1) is 24.9. The normalized spacial score (nSPS) is 21.8. The van der Waals surface area contributed by atoms with Crippen molar-refractivity contribution >= 4 is 42.1 Å². The predicted molar refractivity (Wildman–Crippen MR) is 201 cm³/mol. The number of carbonyl (C=O) groups excluding carboxylic acids is 2. The van der Waals surface area contributed by atoms with Crippen molar-refractivity contribution in [2.24, 2.45) is 17.8 Å². The zero-order chi connectivity index (χ0) is 35.3. The van der Waals surface area contributed by atoms with Crippen molar-refractivity contribution in [1.29, 1.82) is 0 Å². The Kier molecular flexibility index (Phi) is 10.4. The second-order valence-electron chi connectivity index (χ2n) is 13.6. The van der Waals surface area contributed by atoms with Crippen LogP contribution in [0.1, 0.15) is 44.6 Å². The van der Waals surface area contributed by atoms with Gasteiger partial charge in [-0.15, -0.1) is 0 Å². The van der Waals surface area contributed by atoms with Crippen LogP contribution in [-0.4, -0.2) is 41.8 Å². The minimum atomic E-state index is -1.07. The van der Waals surface area contributed by atoms with Crippen molar-refractivity contribution in [2.45, 2.75) is 51.5 Å². The van der Waals surface area contributed by atoms with E-state index >= 15 is 0 Å². The lowest BCUT2D eigenvalue weighted by atomic mass is 9.58. The minimum Gasteiger partial charge on any atom is -0.507 e. The molecule has 8 nitrogen and oxygen atoms in total. The van der Waals surface area contributed by atoms with Gasteiger partial charge in [-0.25, -0.2) is 0 Å². The van der Waals surface area contributed by atoms with Crippen LogP contribution in [0.3, 0.4) is 0 Å². The highest BCUT2D eigenvalue weighted by Crippen LogP contribution is 2.51. The van der Waals surface area contributed by atoms with Crippen LogP contribution in [0.25, 0.3) is 6.08 Å². The molecule has 0 radical (unpaired) electrons. The third-order valence-corrected chi connectivity index (χ3v) is 10.2. The van der Waals surface area contributed by atoms with Crippen LogP contribution in [0.4, 0.5) is 17.1 Å². The van der Waals surface area contributed by atoms with Gasteiger partial charge in [-0.05, 0) is 104 Å². The molecule has 3 N–H and O–H groups in total. The first-order valence-electron chi connectivity index (χ1n) is 17.9. The maximum atomic E-state index is 14.3. The molecule has 51 heavy (non-hydrogen) atoms. The van der Waals surface area contributed by atoms with Gasteiger partial charge < -0.3 is 24.8 Å². The predicted octanol–water partition coefficient (Wildman–Crippen LogP) is 8.18. The molecule has 0 saturated carbocycles. The van der Waals surface area contributed by atoms with Crippen LogP contribution in [0.5, 0.6) is 11.5 Å². The Morgan fingerprint density at radius 2 is 1.57 bits per heavy atom. The number of rotatable bonds is 12. The number of nitrogens with one attached hydrogen (secondary N) is 1. The van der Waals surface area contributed by atoms with Crippen LogP contribution in [0, 0.1) is 17.8 Å². The third kappa shape index (κ3) is 7.50. The van der Waals surface area contributed by atoms with Crippen LogP contribution in [-0.2, 0) is 14.2 Å². The number of fused-ring (bicyclic) bond motifs is 3. The summed E-state index contributed by atoms with van der Waals surface area (Å²) in [5, 5.41) is 24.9. The minimum absolute atomic E-state index is 0.224. The molecule has 0 unspecified atom stereocenters. The number of phenolic OH excluding ortho intramolecular Hbond substituents is 1. The highest BCUT2D eigenvalue weighted by Gasteiger charge is 2.57. The summed E-state index contributed by atoms with van der Waals surface area (Å²) in [5.41, 5.74) is 6.18. The van der Waals surface area contributed by atoms with Gasteiger partial charge in [0.2, 0.25) is 11.8 Å². The molecule has 2 heterocycles. The number of nitrogens with zero attached hydrogens (tertiary/aromatic N) is 1. The molecule has 2 amide bonds. The Morgan fingerprint density at radius 1 is 0.882 bits per heavy atom. The number of phenols is 1. The number of aromatic hydroxyl groups is 1. The highest BCUT2D eigenvalue weighted by atomic mass is 16.5. The molecule has 3 aliphatic rings. The molecule has 2 aliphatic heterocycles. The molecule has 2 fully saturated rings. The molecular weight excluding hydrogens is 639 g/mol. The van der Waals surface area contributed by atoms with Crippen LogP contribution < -0.4 is 15.0 Å².